The Kier molecular flexibility index (Phi) is 5.13. The zero-order valence-corrected chi connectivity index (χ0v) is 12.4. The number of nitrogens with zero attached hydrogens (tertiary/aromatic N) is 1. The van der Waals surface area contributed by atoms with Crippen molar-refractivity contribution in [2.75, 3.05) is 13.7 Å². The second-order valence-electron chi connectivity index (χ2n) is 4.90. The molecule has 0 saturated carbocycles. The van der Waals surface area contributed by atoms with Crippen LogP contribution in [-0.2, 0) is 0 Å². The van der Waals surface area contributed by atoms with E-state index in [1.54, 1.807) is 13.3 Å². The van der Waals surface area contributed by atoms with Crippen molar-refractivity contribution in [2.24, 2.45) is 0 Å². The molecule has 0 aliphatic carbocycles. The van der Waals surface area contributed by atoms with Crippen molar-refractivity contribution >= 4 is 0 Å². The van der Waals surface area contributed by atoms with E-state index in [2.05, 4.69) is 48.4 Å². The molecule has 0 radical (unpaired) electrons. The van der Waals surface area contributed by atoms with Crippen molar-refractivity contribution < 1.29 is 4.74 Å². The Morgan fingerprint density at radius 3 is 2.75 bits per heavy atom. The van der Waals surface area contributed by atoms with E-state index in [1.165, 1.54) is 11.1 Å². The fourth-order valence-electron chi connectivity index (χ4n) is 2.28. The first-order valence-corrected chi connectivity index (χ1v) is 7.04. The summed E-state index contributed by atoms with van der Waals surface area (Å²) in [5.74, 6) is 0.926. The van der Waals surface area contributed by atoms with Gasteiger partial charge in [0.15, 0.2) is 0 Å². The average molecular weight is 270 g/mol. The summed E-state index contributed by atoms with van der Waals surface area (Å²) in [5.41, 5.74) is 3.53. The van der Waals surface area contributed by atoms with E-state index in [0.29, 0.717) is 0 Å². The third-order valence-electron chi connectivity index (χ3n) is 3.38. The van der Waals surface area contributed by atoms with Gasteiger partial charge in [-0.25, -0.2) is 0 Å². The minimum absolute atomic E-state index is 0.151. The largest absolute Gasteiger partial charge is 0.496 e. The van der Waals surface area contributed by atoms with Crippen LogP contribution in [0.1, 0.15) is 36.1 Å². The molecule has 106 valence electrons. The van der Waals surface area contributed by atoms with Gasteiger partial charge in [-0.05, 0) is 48.7 Å². The molecule has 20 heavy (non-hydrogen) atoms. The van der Waals surface area contributed by atoms with E-state index in [0.717, 1.165) is 24.3 Å². The molecule has 0 amide bonds. The topological polar surface area (TPSA) is 34.2 Å². The highest BCUT2D eigenvalue weighted by molar-refractivity contribution is 5.40. The molecule has 0 fully saturated rings. The van der Waals surface area contributed by atoms with Gasteiger partial charge in [0.05, 0.1) is 13.2 Å². The summed E-state index contributed by atoms with van der Waals surface area (Å²) >= 11 is 0. The molecule has 0 bridgehead atoms. The number of nitrogens with one attached hydrogen (secondary N) is 1. The van der Waals surface area contributed by atoms with Crippen LogP contribution in [-0.4, -0.2) is 18.6 Å². The quantitative estimate of drug-likeness (QED) is 0.872. The van der Waals surface area contributed by atoms with Gasteiger partial charge in [-0.1, -0.05) is 25.1 Å². The minimum atomic E-state index is 0.151. The van der Waals surface area contributed by atoms with Crippen LogP contribution in [0, 0.1) is 6.92 Å². The maximum atomic E-state index is 5.43. The van der Waals surface area contributed by atoms with Crippen molar-refractivity contribution in [2.45, 2.75) is 26.3 Å². The van der Waals surface area contributed by atoms with Crippen LogP contribution in [0.4, 0.5) is 0 Å². The summed E-state index contributed by atoms with van der Waals surface area (Å²) in [6.45, 7) is 5.19. The third kappa shape index (κ3) is 3.36. The van der Waals surface area contributed by atoms with E-state index < -0.39 is 0 Å². The fourth-order valence-corrected chi connectivity index (χ4v) is 2.28. The molecule has 0 spiro atoms. The molecule has 1 atom stereocenters. The SMILES string of the molecule is CCCNC(c1cccnc1)c1ccc(C)c(OC)c1. The molecule has 1 unspecified atom stereocenters. The highest BCUT2D eigenvalue weighted by Crippen LogP contribution is 2.27. The number of methoxy groups -OCH3 is 1. The Labute approximate surface area is 121 Å². The number of aryl methyl sites for hydroxylation is 1. The maximum absolute atomic E-state index is 5.43. The van der Waals surface area contributed by atoms with E-state index in [9.17, 15) is 0 Å². The molecule has 2 aromatic rings. The summed E-state index contributed by atoms with van der Waals surface area (Å²) in [6, 6.07) is 10.6. The van der Waals surface area contributed by atoms with E-state index in [1.807, 2.05) is 12.3 Å². The van der Waals surface area contributed by atoms with Crippen LogP contribution in [0.25, 0.3) is 0 Å². The molecule has 3 heteroatoms. The second-order valence-corrected chi connectivity index (χ2v) is 4.90. The van der Waals surface area contributed by atoms with Gasteiger partial charge in [0.25, 0.3) is 0 Å². The molecule has 0 aliphatic rings. The minimum Gasteiger partial charge on any atom is -0.496 e. The smallest absolute Gasteiger partial charge is 0.122 e. The number of benzene rings is 1. The van der Waals surface area contributed by atoms with Crippen molar-refractivity contribution in [3.05, 3.63) is 59.4 Å². The summed E-state index contributed by atoms with van der Waals surface area (Å²) in [6.07, 6.45) is 4.82. The van der Waals surface area contributed by atoms with Gasteiger partial charge >= 0.3 is 0 Å². The number of hydrogen-bond donors (Lipinski definition) is 1. The van der Waals surface area contributed by atoms with Gasteiger partial charge in [0.2, 0.25) is 0 Å². The van der Waals surface area contributed by atoms with Crippen molar-refractivity contribution in [1.29, 1.82) is 0 Å². The fraction of sp³-hybridized carbons (Fsp3) is 0.353. The Balaban J connectivity index is 2.36. The van der Waals surface area contributed by atoms with Crippen LogP contribution in [0.3, 0.4) is 0 Å². The standard InChI is InChI=1S/C17H22N2O/c1-4-9-19-17(15-6-5-10-18-12-15)14-8-7-13(2)16(11-14)20-3/h5-8,10-12,17,19H,4,9H2,1-3H3. The summed E-state index contributed by atoms with van der Waals surface area (Å²) in [4.78, 5) is 4.23. The molecule has 1 N–H and O–H groups in total. The highest BCUT2D eigenvalue weighted by atomic mass is 16.5. The first-order valence-electron chi connectivity index (χ1n) is 7.04. The number of aromatic nitrogens is 1. The van der Waals surface area contributed by atoms with Gasteiger partial charge in [-0.15, -0.1) is 0 Å². The van der Waals surface area contributed by atoms with Crippen LogP contribution in [0.15, 0.2) is 42.7 Å². The van der Waals surface area contributed by atoms with Gasteiger partial charge in [0.1, 0.15) is 5.75 Å². The lowest BCUT2D eigenvalue weighted by Crippen LogP contribution is -2.23. The van der Waals surface area contributed by atoms with E-state index >= 15 is 0 Å². The van der Waals surface area contributed by atoms with Gasteiger partial charge in [-0.3, -0.25) is 4.98 Å². The van der Waals surface area contributed by atoms with Crippen LogP contribution < -0.4 is 10.1 Å². The van der Waals surface area contributed by atoms with Crippen molar-refractivity contribution in [3.63, 3.8) is 0 Å². The highest BCUT2D eigenvalue weighted by Gasteiger charge is 2.14. The molecule has 2 rings (SSSR count). The first-order chi connectivity index (χ1) is 9.76. The molecule has 1 aromatic carbocycles. The third-order valence-corrected chi connectivity index (χ3v) is 3.38. The lowest BCUT2D eigenvalue weighted by Gasteiger charge is -2.20. The predicted octanol–water partition coefficient (Wildman–Crippen LogP) is 3.49. The van der Waals surface area contributed by atoms with Crippen molar-refractivity contribution in [3.8, 4) is 5.75 Å². The first kappa shape index (κ1) is 14.5. The molecule has 0 saturated heterocycles. The average Bonchev–Trinajstić information content (AvgIpc) is 2.50. The number of hydrogen-bond acceptors (Lipinski definition) is 3. The lowest BCUT2D eigenvalue weighted by molar-refractivity contribution is 0.410. The lowest BCUT2D eigenvalue weighted by atomic mass is 9.98. The Bertz CT molecular complexity index is 540. The summed E-state index contributed by atoms with van der Waals surface area (Å²) in [7, 11) is 1.71. The number of ether oxygens (including phenoxy) is 1. The van der Waals surface area contributed by atoms with Crippen molar-refractivity contribution in [1.82, 2.24) is 10.3 Å². The number of rotatable bonds is 6. The normalized spacial score (nSPS) is 12.2. The van der Waals surface area contributed by atoms with Crippen LogP contribution in [0.5, 0.6) is 5.75 Å². The number of pyridine rings is 1. The predicted molar refractivity (Wildman–Crippen MR) is 82.1 cm³/mol. The van der Waals surface area contributed by atoms with Gasteiger partial charge in [-0.2, -0.15) is 0 Å². The molecule has 0 aliphatic heterocycles. The maximum Gasteiger partial charge on any atom is 0.122 e. The molecular formula is C17H22N2O. The Hall–Kier alpha value is -1.87. The van der Waals surface area contributed by atoms with E-state index in [4.69, 9.17) is 4.74 Å². The Morgan fingerprint density at radius 1 is 1.25 bits per heavy atom. The van der Waals surface area contributed by atoms with Gasteiger partial charge < -0.3 is 10.1 Å². The summed E-state index contributed by atoms with van der Waals surface area (Å²) in [5, 5.41) is 3.58. The van der Waals surface area contributed by atoms with Crippen LogP contribution in [0.2, 0.25) is 0 Å². The van der Waals surface area contributed by atoms with Gasteiger partial charge in [0, 0.05) is 12.4 Å². The molecular weight excluding hydrogens is 248 g/mol. The van der Waals surface area contributed by atoms with Crippen LogP contribution >= 0.6 is 0 Å². The Morgan fingerprint density at radius 2 is 2.10 bits per heavy atom. The molecule has 1 aromatic heterocycles. The zero-order chi connectivity index (χ0) is 14.4. The second kappa shape index (κ2) is 7.06. The molecule has 3 nitrogen and oxygen atoms in total. The molecule has 1 heterocycles. The zero-order valence-electron chi connectivity index (χ0n) is 12.4. The summed E-state index contributed by atoms with van der Waals surface area (Å²) < 4.78 is 5.43. The van der Waals surface area contributed by atoms with E-state index in [-0.39, 0.29) is 6.04 Å². The monoisotopic (exact) mass is 270 g/mol.